The van der Waals surface area contributed by atoms with Crippen molar-refractivity contribution in [3.05, 3.63) is 95.1 Å². The van der Waals surface area contributed by atoms with Gasteiger partial charge >= 0.3 is 0 Å². The number of hydrogen-bond donors (Lipinski definition) is 2. The van der Waals surface area contributed by atoms with Gasteiger partial charge in [0.2, 0.25) is 0 Å². The predicted molar refractivity (Wildman–Crippen MR) is 120 cm³/mol. The number of carbonyl (C=O) groups is 2. The van der Waals surface area contributed by atoms with Crippen molar-refractivity contribution >= 4 is 23.2 Å². The summed E-state index contributed by atoms with van der Waals surface area (Å²) < 4.78 is 0. The number of nitrogens with one attached hydrogen (secondary N) is 2. The summed E-state index contributed by atoms with van der Waals surface area (Å²) in [5.41, 5.74) is 4.91. The molecular weight excluding hydrogens is 374 g/mol. The van der Waals surface area contributed by atoms with Gasteiger partial charge in [0.15, 0.2) is 0 Å². The lowest BCUT2D eigenvalue weighted by molar-refractivity contribution is 0.0982. The molecule has 0 fully saturated rings. The maximum Gasteiger partial charge on any atom is 0.258 e. The molecular formula is C25H25N3O2. The number of hydrogen-bond acceptors (Lipinski definition) is 3. The van der Waals surface area contributed by atoms with Crippen LogP contribution in [0.3, 0.4) is 0 Å². The standard InChI is InChI=1S/C25H25N3O2/c1-17-7-3-4-8-20(17)24(29)27-19-13-11-18(12-14-19)25(30)28-16-15-22(26-2)21-9-5-6-10-23(21)28/h3-14,22,26H,15-16H2,1-2H3,(H,27,29). The van der Waals surface area contributed by atoms with E-state index < -0.39 is 0 Å². The molecule has 2 amide bonds. The third-order valence-corrected chi connectivity index (χ3v) is 5.62. The first-order chi connectivity index (χ1) is 14.6. The Balaban J connectivity index is 1.51. The number of fused-ring (bicyclic) bond motifs is 1. The number of rotatable bonds is 4. The van der Waals surface area contributed by atoms with E-state index in [-0.39, 0.29) is 17.9 Å². The van der Waals surface area contributed by atoms with Gasteiger partial charge in [0.1, 0.15) is 0 Å². The summed E-state index contributed by atoms with van der Waals surface area (Å²) in [5, 5.41) is 6.23. The summed E-state index contributed by atoms with van der Waals surface area (Å²) in [4.78, 5) is 27.5. The molecule has 30 heavy (non-hydrogen) atoms. The van der Waals surface area contributed by atoms with Crippen LogP contribution >= 0.6 is 0 Å². The highest BCUT2D eigenvalue weighted by Crippen LogP contribution is 2.34. The topological polar surface area (TPSA) is 61.4 Å². The molecule has 0 aliphatic carbocycles. The molecule has 0 bridgehead atoms. The Morgan fingerprint density at radius 1 is 0.933 bits per heavy atom. The van der Waals surface area contributed by atoms with Crippen LogP contribution in [0.4, 0.5) is 11.4 Å². The molecule has 1 aliphatic heterocycles. The SMILES string of the molecule is CNC1CCN(C(=O)c2ccc(NC(=O)c3ccccc3C)cc2)c2ccccc21. The molecule has 3 aromatic carbocycles. The molecule has 4 rings (SSSR count). The quantitative estimate of drug-likeness (QED) is 0.676. The molecule has 1 atom stereocenters. The van der Waals surface area contributed by atoms with Gasteiger partial charge in [0, 0.05) is 35.1 Å². The fraction of sp³-hybridized carbons (Fsp3) is 0.200. The van der Waals surface area contributed by atoms with E-state index in [1.54, 1.807) is 30.3 Å². The molecule has 0 aromatic heterocycles. The van der Waals surface area contributed by atoms with Crippen molar-refractivity contribution in [1.82, 2.24) is 5.32 Å². The van der Waals surface area contributed by atoms with Crippen LogP contribution < -0.4 is 15.5 Å². The van der Waals surface area contributed by atoms with Crippen LogP contribution in [0.25, 0.3) is 0 Å². The lowest BCUT2D eigenvalue weighted by Gasteiger charge is -2.34. The van der Waals surface area contributed by atoms with Gasteiger partial charge in [-0.15, -0.1) is 0 Å². The summed E-state index contributed by atoms with van der Waals surface area (Å²) in [5.74, 6) is -0.191. The van der Waals surface area contributed by atoms with Gasteiger partial charge in [-0.05, 0) is 67.9 Å². The number of carbonyl (C=O) groups excluding carboxylic acids is 2. The van der Waals surface area contributed by atoms with Gasteiger partial charge in [-0.25, -0.2) is 0 Å². The van der Waals surface area contributed by atoms with Crippen LogP contribution in [0, 0.1) is 6.92 Å². The van der Waals surface area contributed by atoms with Crippen molar-refractivity contribution in [1.29, 1.82) is 0 Å². The second-order valence-corrected chi connectivity index (χ2v) is 7.49. The number of nitrogens with zero attached hydrogens (tertiary/aromatic N) is 1. The Morgan fingerprint density at radius 3 is 2.37 bits per heavy atom. The Morgan fingerprint density at radius 2 is 1.63 bits per heavy atom. The third kappa shape index (κ3) is 3.84. The largest absolute Gasteiger partial charge is 0.322 e. The summed E-state index contributed by atoms with van der Waals surface area (Å²) in [6.45, 7) is 2.57. The van der Waals surface area contributed by atoms with Crippen molar-refractivity contribution in [3.63, 3.8) is 0 Å². The monoisotopic (exact) mass is 399 g/mol. The highest BCUT2D eigenvalue weighted by atomic mass is 16.2. The van der Waals surface area contributed by atoms with Gasteiger partial charge in [-0.2, -0.15) is 0 Å². The Bertz CT molecular complexity index is 1080. The molecule has 0 saturated heterocycles. The summed E-state index contributed by atoms with van der Waals surface area (Å²) in [6.07, 6.45) is 0.865. The lowest BCUT2D eigenvalue weighted by atomic mass is 9.96. The molecule has 1 heterocycles. The van der Waals surface area contributed by atoms with E-state index in [1.165, 1.54) is 0 Å². The van der Waals surface area contributed by atoms with Crippen LogP contribution in [0.15, 0.2) is 72.8 Å². The maximum atomic E-state index is 13.2. The number of para-hydroxylation sites is 1. The zero-order chi connectivity index (χ0) is 21.1. The minimum atomic E-state index is -0.157. The highest BCUT2D eigenvalue weighted by Gasteiger charge is 2.28. The normalized spacial score (nSPS) is 15.4. The molecule has 152 valence electrons. The molecule has 1 aliphatic rings. The van der Waals surface area contributed by atoms with E-state index in [4.69, 9.17) is 0 Å². The molecule has 5 heteroatoms. The first-order valence-electron chi connectivity index (χ1n) is 10.1. The molecule has 5 nitrogen and oxygen atoms in total. The van der Waals surface area contributed by atoms with Gasteiger partial charge in [-0.1, -0.05) is 36.4 Å². The van der Waals surface area contributed by atoms with E-state index in [0.29, 0.717) is 23.4 Å². The van der Waals surface area contributed by atoms with E-state index in [0.717, 1.165) is 23.2 Å². The summed E-state index contributed by atoms with van der Waals surface area (Å²) in [7, 11) is 1.95. The Labute approximate surface area is 176 Å². The molecule has 0 saturated carbocycles. The van der Waals surface area contributed by atoms with Gasteiger partial charge in [0.05, 0.1) is 0 Å². The average Bonchev–Trinajstić information content (AvgIpc) is 2.78. The number of anilines is 2. The Kier molecular flexibility index (Phi) is 5.63. The lowest BCUT2D eigenvalue weighted by Crippen LogP contribution is -2.39. The minimum Gasteiger partial charge on any atom is -0.322 e. The second-order valence-electron chi connectivity index (χ2n) is 7.49. The predicted octanol–water partition coefficient (Wildman–Crippen LogP) is 4.56. The van der Waals surface area contributed by atoms with Crippen LogP contribution in [-0.2, 0) is 0 Å². The van der Waals surface area contributed by atoms with Crippen LogP contribution in [-0.4, -0.2) is 25.4 Å². The molecule has 1 unspecified atom stereocenters. The Hall–Kier alpha value is -3.44. The minimum absolute atomic E-state index is 0.0335. The molecule has 3 aromatic rings. The van der Waals surface area contributed by atoms with E-state index in [1.807, 2.05) is 55.3 Å². The highest BCUT2D eigenvalue weighted by molar-refractivity contribution is 6.08. The summed E-state index contributed by atoms with van der Waals surface area (Å²) in [6, 6.07) is 22.8. The van der Waals surface area contributed by atoms with E-state index >= 15 is 0 Å². The third-order valence-electron chi connectivity index (χ3n) is 5.62. The van der Waals surface area contributed by atoms with Crippen molar-refractivity contribution < 1.29 is 9.59 Å². The van der Waals surface area contributed by atoms with Crippen molar-refractivity contribution in [2.45, 2.75) is 19.4 Å². The van der Waals surface area contributed by atoms with Crippen molar-refractivity contribution in [3.8, 4) is 0 Å². The zero-order valence-electron chi connectivity index (χ0n) is 17.2. The molecule has 0 radical (unpaired) electrons. The smallest absolute Gasteiger partial charge is 0.258 e. The number of amides is 2. The van der Waals surface area contributed by atoms with Gasteiger partial charge in [-0.3, -0.25) is 9.59 Å². The second kappa shape index (κ2) is 8.51. The first kappa shape index (κ1) is 19.9. The van der Waals surface area contributed by atoms with E-state index in [2.05, 4.69) is 16.7 Å². The fourth-order valence-corrected chi connectivity index (χ4v) is 3.95. The van der Waals surface area contributed by atoms with Crippen LogP contribution in [0.5, 0.6) is 0 Å². The first-order valence-corrected chi connectivity index (χ1v) is 10.1. The van der Waals surface area contributed by atoms with Crippen LogP contribution in [0.1, 0.15) is 44.3 Å². The fourth-order valence-electron chi connectivity index (χ4n) is 3.95. The van der Waals surface area contributed by atoms with Crippen LogP contribution in [0.2, 0.25) is 0 Å². The number of benzene rings is 3. The van der Waals surface area contributed by atoms with Crippen molar-refractivity contribution in [2.24, 2.45) is 0 Å². The van der Waals surface area contributed by atoms with Gasteiger partial charge in [0.25, 0.3) is 11.8 Å². The number of aryl methyl sites for hydroxylation is 1. The zero-order valence-corrected chi connectivity index (χ0v) is 17.2. The average molecular weight is 399 g/mol. The summed E-state index contributed by atoms with van der Waals surface area (Å²) >= 11 is 0. The molecule has 0 spiro atoms. The van der Waals surface area contributed by atoms with Gasteiger partial charge < -0.3 is 15.5 Å². The maximum absolute atomic E-state index is 13.2. The van der Waals surface area contributed by atoms with E-state index in [9.17, 15) is 9.59 Å². The molecule has 2 N–H and O–H groups in total. The van der Waals surface area contributed by atoms with Crippen molar-refractivity contribution in [2.75, 3.05) is 23.8 Å².